The van der Waals surface area contributed by atoms with Crippen molar-refractivity contribution in [2.75, 3.05) is 13.1 Å². The van der Waals surface area contributed by atoms with Crippen molar-refractivity contribution in [2.45, 2.75) is 59.0 Å². The Hall–Kier alpha value is -0.570. The molecule has 0 spiro atoms. The molecule has 3 nitrogen and oxygen atoms in total. The molecule has 0 radical (unpaired) electrons. The van der Waals surface area contributed by atoms with Crippen molar-refractivity contribution in [3.05, 3.63) is 0 Å². The first kappa shape index (κ1) is 13.5. The molecule has 1 N–H and O–H groups in total. The number of nitrogens with one attached hydrogen (secondary N) is 1. The van der Waals surface area contributed by atoms with E-state index in [1.807, 2.05) is 6.92 Å². The molecule has 16 heavy (non-hydrogen) atoms. The summed E-state index contributed by atoms with van der Waals surface area (Å²) < 4.78 is 5.45. The van der Waals surface area contributed by atoms with Crippen LogP contribution in [0.3, 0.4) is 0 Å². The summed E-state index contributed by atoms with van der Waals surface area (Å²) in [6, 6.07) is 0. The zero-order chi connectivity index (χ0) is 12.0. The van der Waals surface area contributed by atoms with Crippen LogP contribution in [-0.2, 0) is 9.53 Å². The van der Waals surface area contributed by atoms with Gasteiger partial charge in [-0.2, -0.15) is 0 Å². The third-order valence-corrected chi connectivity index (χ3v) is 3.34. The SMILES string of the molecule is CCNCCC(=O)OC1CCC(C)(C)CC1. The van der Waals surface area contributed by atoms with Crippen molar-refractivity contribution in [2.24, 2.45) is 5.41 Å². The maximum atomic E-state index is 11.5. The molecule has 0 heterocycles. The van der Waals surface area contributed by atoms with Gasteiger partial charge in [-0.1, -0.05) is 20.8 Å². The Morgan fingerprint density at radius 1 is 1.38 bits per heavy atom. The summed E-state index contributed by atoms with van der Waals surface area (Å²) >= 11 is 0. The molecule has 1 aliphatic carbocycles. The third-order valence-electron chi connectivity index (χ3n) is 3.34. The molecule has 1 saturated carbocycles. The Morgan fingerprint density at radius 2 is 2.00 bits per heavy atom. The van der Waals surface area contributed by atoms with Crippen molar-refractivity contribution in [3.63, 3.8) is 0 Å². The zero-order valence-corrected chi connectivity index (χ0v) is 10.8. The minimum absolute atomic E-state index is 0.0503. The third kappa shape index (κ3) is 4.97. The first-order chi connectivity index (χ1) is 7.53. The Bertz CT molecular complexity index is 216. The molecule has 1 rings (SSSR count). The van der Waals surface area contributed by atoms with Crippen LogP contribution in [0.15, 0.2) is 0 Å². The summed E-state index contributed by atoms with van der Waals surface area (Å²) in [5, 5.41) is 3.13. The molecule has 0 saturated heterocycles. The van der Waals surface area contributed by atoms with Gasteiger partial charge in [0.25, 0.3) is 0 Å². The number of esters is 1. The average Bonchev–Trinajstić information content (AvgIpc) is 2.22. The minimum Gasteiger partial charge on any atom is -0.462 e. The summed E-state index contributed by atoms with van der Waals surface area (Å²) in [4.78, 5) is 11.5. The van der Waals surface area contributed by atoms with Crippen LogP contribution in [-0.4, -0.2) is 25.2 Å². The van der Waals surface area contributed by atoms with Crippen LogP contribution in [0.2, 0.25) is 0 Å². The lowest BCUT2D eigenvalue weighted by molar-refractivity contribution is -0.151. The molecule has 0 aliphatic heterocycles. The van der Waals surface area contributed by atoms with Crippen LogP contribution in [0, 0.1) is 5.41 Å². The monoisotopic (exact) mass is 227 g/mol. The number of hydrogen-bond donors (Lipinski definition) is 1. The van der Waals surface area contributed by atoms with E-state index in [9.17, 15) is 4.79 Å². The van der Waals surface area contributed by atoms with Crippen LogP contribution in [0.4, 0.5) is 0 Å². The predicted octanol–water partition coefficient (Wildman–Crippen LogP) is 2.50. The van der Waals surface area contributed by atoms with Crippen molar-refractivity contribution in [1.82, 2.24) is 5.32 Å². The van der Waals surface area contributed by atoms with E-state index < -0.39 is 0 Å². The highest BCUT2D eigenvalue weighted by Crippen LogP contribution is 2.36. The lowest BCUT2D eigenvalue weighted by Gasteiger charge is -2.33. The van der Waals surface area contributed by atoms with E-state index in [0.29, 0.717) is 11.8 Å². The molecular weight excluding hydrogens is 202 g/mol. The van der Waals surface area contributed by atoms with Gasteiger partial charge in [0.15, 0.2) is 0 Å². The number of rotatable bonds is 5. The van der Waals surface area contributed by atoms with Crippen molar-refractivity contribution in [1.29, 1.82) is 0 Å². The van der Waals surface area contributed by atoms with Crippen LogP contribution in [0.1, 0.15) is 52.9 Å². The number of ether oxygens (including phenoxy) is 1. The molecule has 0 aromatic rings. The second-order valence-corrected chi connectivity index (χ2v) is 5.46. The average molecular weight is 227 g/mol. The van der Waals surface area contributed by atoms with E-state index in [4.69, 9.17) is 4.74 Å². The van der Waals surface area contributed by atoms with Gasteiger partial charge in [-0.15, -0.1) is 0 Å². The largest absolute Gasteiger partial charge is 0.462 e. The maximum absolute atomic E-state index is 11.5. The lowest BCUT2D eigenvalue weighted by atomic mass is 9.76. The van der Waals surface area contributed by atoms with Gasteiger partial charge in [-0.3, -0.25) is 4.79 Å². The molecule has 0 amide bonds. The fourth-order valence-electron chi connectivity index (χ4n) is 2.10. The molecule has 3 heteroatoms. The van der Waals surface area contributed by atoms with Crippen LogP contribution >= 0.6 is 0 Å². The number of carbonyl (C=O) groups excluding carboxylic acids is 1. The lowest BCUT2D eigenvalue weighted by Crippen LogP contribution is -2.29. The fourth-order valence-corrected chi connectivity index (χ4v) is 2.10. The highest BCUT2D eigenvalue weighted by atomic mass is 16.5. The molecule has 0 atom stereocenters. The van der Waals surface area contributed by atoms with Crippen LogP contribution in [0.5, 0.6) is 0 Å². The van der Waals surface area contributed by atoms with Gasteiger partial charge in [-0.05, 0) is 37.6 Å². The Labute approximate surface area is 98.9 Å². The highest BCUT2D eigenvalue weighted by molar-refractivity contribution is 5.69. The number of hydrogen-bond acceptors (Lipinski definition) is 3. The smallest absolute Gasteiger partial charge is 0.307 e. The summed E-state index contributed by atoms with van der Waals surface area (Å²) in [7, 11) is 0. The summed E-state index contributed by atoms with van der Waals surface area (Å²) in [5.74, 6) is -0.0503. The van der Waals surface area contributed by atoms with E-state index >= 15 is 0 Å². The van der Waals surface area contributed by atoms with E-state index in [1.165, 1.54) is 0 Å². The standard InChI is InChI=1S/C13H25NO2/c1-4-14-10-7-12(15)16-11-5-8-13(2,3)9-6-11/h11,14H,4-10H2,1-3H3. The van der Waals surface area contributed by atoms with Crippen molar-refractivity contribution < 1.29 is 9.53 Å². The molecule has 0 bridgehead atoms. The van der Waals surface area contributed by atoms with Crippen LogP contribution in [0.25, 0.3) is 0 Å². The Morgan fingerprint density at radius 3 is 2.56 bits per heavy atom. The van der Waals surface area contributed by atoms with Gasteiger partial charge in [0.1, 0.15) is 6.10 Å². The van der Waals surface area contributed by atoms with Gasteiger partial charge in [0.05, 0.1) is 6.42 Å². The van der Waals surface area contributed by atoms with E-state index in [1.54, 1.807) is 0 Å². The highest BCUT2D eigenvalue weighted by Gasteiger charge is 2.28. The molecule has 0 unspecified atom stereocenters. The maximum Gasteiger partial charge on any atom is 0.307 e. The van der Waals surface area contributed by atoms with Gasteiger partial charge >= 0.3 is 5.97 Å². The molecule has 0 aromatic carbocycles. The molecule has 1 aliphatic rings. The Kier molecular flexibility index (Phi) is 5.26. The topological polar surface area (TPSA) is 38.3 Å². The van der Waals surface area contributed by atoms with Crippen molar-refractivity contribution in [3.8, 4) is 0 Å². The summed E-state index contributed by atoms with van der Waals surface area (Å²) in [5.41, 5.74) is 0.437. The second kappa shape index (κ2) is 6.24. The van der Waals surface area contributed by atoms with E-state index in [0.717, 1.165) is 38.8 Å². The first-order valence-electron chi connectivity index (χ1n) is 6.44. The quantitative estimate of drug-likeness (QED) is 0.579. The van der Waals surface area contributed by atoms with Crippen LogP contribution < -0.4 is 5.32 Å². The zero-order valence-electron chi connectivity index (χ0n) is 10.8. The second-order valence-electron chi connectivity index (χ2n) is 5.46. The molecule has 94 valence electrons. The van der Waals surface area contributed by atoms with E-state index in [-0.39, 0.29) is 12.1 Å². The molecule has 0 aromatic heterocycles. The minimum atomic E-state index is -0.0503. The first-order valence-corrected chi connectivity index (χ1v) is 6.44. The predicted molar refractivity (Wildman–Crippen MR) is 65.3 cm³/mol. The van der Waals surface area contributed by atoms with Gasteiger partial charge in [0.2, 0.25) is 0 Å². The summed E-state index contributed by atoms with van der Waals surface area (Å²) in [6.45, 7) is 8.25. The normalized spacial score (nSPS) is 20.7. The van der Waals surface area contributed by atoms with Gasteiger partial charge in [0, 0.05) is 6.54 Å². The van der Waals surface area contributed by atoms with Gasteiger partial charge in [-0.25, -0.2) is 0 Å². The summed E-state index contributed by atoms with van der Waals surface area (Å²) in [6.07, 6.45) is 5.05. The fraction of sp³-hybridized carbons (Fsp3) is 0.923. The van der Waals surface area contributed by atoms with Gasteiger partial charge < -0.3 is 10.1 Å². The molecule has 1 fully saturated rings. The number of carbonyl (C=O) groups is 1. The van der Waals surface area contributed by atoms with Crippen molar-refractivity contribution >= 4 is 5.97 Å². The Balaban J connectivity index is 2.16. The van der Waals surface area contributed by atoms with E-state index in [2.05, 4.69) is 19.2 Å². The molecular formula is C13H25NO2.